The topological polar surface area (TPSA) is 251 Å². The van der Waals surface area contributed by atoms with Crippen LogP contribution in [-0.4, -0.2) is 81.2 Å². The van der Waals surface area contributed by atoms with Crippen LogP contribution in [0.25, 0.3) is 0 Å². The zero-order valence-electron chi connectivity index (χ0n) is 15.7. The summed E-state index contributed by atoms with van der Waals surface area (Å²) in [6.07, 6.45) is -2.87. The number of carboxylic acid groups (broad SMARTS) is 2. The molecule has 14 nitrogen and oxygen atoms in total. The van der Waals surface area contributed by atoms with Crippen molar-refractivity contribution in [2.24, 2.45) is 11.5 Å². The smallest absolute Gasteiger partial charge is 0.328 e. The van der Waals surface area contributed by atoms with Crippen molar-refractivity contribution < 1.29 is 44.1 Å². The largest absolute Gasteiger partial charge is 0.481 e. The van der Waals surface area contributed by atoms with E-state index in [1.807, 2.05) is 5.32 Å². The number of aliphatic carboxylic acids is 2. The van der Waals surface area contributed by atoms with Crippen molar-refractivity contribution in [2.45, 2.75) is 57.0 Å². The number of primary amides is 1. The van der Waals surface area contributed by atoms with E-state index in [-0.39, 0.29) is 0 Å². The average Bonchev–Trinajstić information content (AvgIpc) is 2.56. The lowest BCUT2D eigenvalue weighted by Crippen LogP contribution is -2.58. The molecule has 0 radical (unpaired) electrons. The van der Waals surface area contributed by atoms with E-state index in [0.29, 0.717) is 0 Å². The molecular formula is C15H25N5O9. The molecule has 0 spiro atoms. The van der Waals surface area contributed by atoms with Gasteiger partial charge in [0, 0.05) is 0 Å². The van der Waals surface area contributed by atoms with Crippen molar-refractivity contribution in [1.82, 2.24) is 16.0 Å². The third-order valence-corrected chi connectivity index (χ3v) is 3.57. The molecule has 0 aliphatic rings. The van der Waals surface area contributed by atoms with Gasteiger partial charge in [0.15, 0.2) is 6.04 Å². The van der Waals surface area contributed by atoms with E-state index in [1.165, 1.54) is 6.92 Å². The molecule has 0 aromatic carbocycles. The molecule has 0 rings (SSSR count). The first-order valence-electron chi connectivity index (χ1n) is 8.33. The lowest BCUT2D eigenvalue weighted by atomic mass is 10.1. The normalized spacial score (nSPS) is 15.7. The molecule has 0 bridgehead atoms. The van der Waals surface area contributed by atoms with Gasteiger partial charge in [-0.1, -0.05) is 0 Å². The second-order valence-electron chi connectivity index (χ2n) is 6.23. The molecule has 164 valence electrons. The number of nitrogens with one attached hydrogen (secondary N) is 3. The Balaban J connectivity index is 5.12. The summed E-state index contributed by atoms with van der Waals surface area (Å²) >= 11 is 0. The van der Waals surface area contributed by atoms with Crippen molar-refractivity contribution in [3.8, 4) is 0 Å². The van der Waals surface area contributed by atoms with Crippen LogP contribution in [0.3, 0.4) is 0 Å². The maximum absolute atomic E-state index is 12.2. The summed E-state index contributed by atoms with van der Waals surface area (Å²) in [7, 11) is 0. The summed E-state index contributed by atoms with van der Waals surface area (Å²) in [5.41, 5.74) is 10.3. The molecule has 0 aliphatic heterocycles. The molecule has 10 N–H and O–H groups in total. The fraction of sp³-hybridized carbons (Fsp3) is 0.600. The summed E-state index contributed by atoms with van der Waals surface area (Å²) < 4.78 is 0. The zero-order valence-corrected chi connectivity index (χ0v) is 15.7. The van der Waals surface area contributed by atoms with Crippen molar-refractivity contribution in [2.75, 3.05) is 0 Å². The lowest BCUT2D eigenvalue weighted by molar-refractivity contribution is -0.146. The fourth-order valence-electron chi connectivity index (χ4n) is 2.02. The van der Waals surface area contributed by atoms with Crippen LogP contribution in [0.15, 0.2) is 0 Å². The van der Waals surface area contributed by atoms with Crippen LogP contribution in [0.4, 0.5) is 0 Å². The molecule has 0 heterocycles. The Morgan fingerprint density at radius 3 is 1.83 bits per heavy atom. The van der Waals surface area contributed by atoms with Gasteiger partial charge in [-0.05, 0) is 13.8 Å². The molecule has 5 unspecified atom stereocenters. The van der Waals surface area contributed by atoms with Crippen LogP contribution in [0.1, 0.15) is 26.7 Å². The molecule has 4 amide bonds. The summed E-state index contributed by atoms with van der Waals surface area (Å²) in [5, 5.41) is 33.4. The van der Waals surface area contributed by atoms with Gasteiger partial charge in [0.2, 0.25) is 23.6 Å². The Morgan fingerprint density at radius 2 is 1.41 bits per heavy atom. The number of aliphatic hydroxyl groups excluding tert-OH is 1. The van der Waals surface area contributed by atoms with E-state index in [4.69, 9.17) is 21.7 Å². The van der Waals surface area contributed by atoms with Crippen molar-refractivity contribution in [3.05, 3.63) is 0 Å². The maximum Gasteiger partial charge on any atom is 0.328 e. The van der Waals surface area contributed by atoms with Crippen LogP contribution >= 0.6 is 0 Å². The third-order valence-electron chi connectivity index (χ3n) is 3.57. The molecule has 0 aliphatic carbocycles. The molecule has 5 atom stereocenters. The van der Waals surface area contributed by atoms with Crippen LogP contribution < -0.4 is 27.4 Å². The standard InChI is InChI=1S/C15H25N5O9/c1-5(18-13(26)7(16)3-9(17)22)12(25)19-8(4-10(23)24)14(27)20-11(6(2)21)15(28)29/h5-8,11,21H,3-4,16H2,1-2H3,(H2,17,22)(H,18,26)(H,19,25)(H,20,27)(H,23,24)(H,28,29). The van der Waals surface area contributed by atoms with Gasteiger partial charge in [-0.3, -0.25) is 24.0 Å². The van der Waals surface area contributed by atoms with Gasteiger partial charge < -0.3 is 42.7 Å². The highest BCUT2D eigenvalue weighted by molar-refractivity contribution is 5.96. The van der Waals surface area contributed by atoms with Gasteiger partial charge in [0.25, 0.3) is 0 Å². The second kappa shape index (κ2) is 11.6. The predicted molar refractivity (Wildman–Crippen MR) is 94.8 cm³/mol. The van der Waals surface area contributed by atoms with E-state index in [2.05, 4.69) is 10.6 Å². The van der Waals surface area contributed by atoms with Crippen LogP contribution in [-0.2, 0) is 28.8 Å². The summed E-state index contributed by atoms with van der Waals surface area (Å²) in [6.45, 7) is 2.30. The fourth-order valence-corrected chi connectivity index (χ4v) is 2.02. The first-order chi connectivity index (χ1) is 13.3. The van der Waals surface area contributed by atoms with Crippen LogP contribution in [0.2, 0.25) is 0 Å². The third kappa shape index (κ3) is 9.48. The second-order valence-corrected chi connectivity index (χ2v) is 6.23. The minimum atomic E-state index is -1.74. The molecule has 0 aromatic rings. The molecule has 29 heavy (non-hydrogen) atoms. The first-order valence-corrected chi connectivity index (χ1v) is 8.33. The van der Waals surface area contributed by atoms with E-state index < -0.39 is 78.7 Å². The number of hydrogen-bond donors (Lipinski definition) is 8. The average molecular weight is 419 g/mol. The molecule has 14 heteroatoms. The zero-order chi connectivity index (χ0) is 22.9. The van der Waals surface area contributed by atoms with Gasteiger partial charge in [0.1, 0.15) is 12.1 Å². The highest BCUT2D eigenvalue weighted by Gasteiger charge is 2.32. The van der Waals surface area contributed by atoms with Gasteiger partial charge >= 0.3 is 11.9 Å². The first kappa shape index (κ1) is 25.7. The quantitative estimate of drug-likeness (QED) is 0.151. The lowest BCUT2D eigenvalue weighted by Gasteiger charge is -2.23. The van der Waals surface area contributed by atoms with Crippen molar-refractivity contribution in [3.63, 3.8) is 0 Å². The Bertz CT molecular complexity index is 667. The predicted octanol–water partition coefficient (Wildman–Crippen LogP) is -4.40. The molecule has 0 saturated carbocycles. The van der Waals surface area contributed by atoms with E-state index in [1.54, 1.807) is 0 Å². The number of nitrogens with two attached hydrogens (primary N) is 2. The van der Waals surface area contributed by atoms with Gasteiger partial charge in [-0.15, -0.1) is 0 Å². The summed E-state index contributed by atoms with van der Waals surface area (Å²) in [6, 6.07) is -6.03. The number of aliphatic hydroxyl groups is 1. The highest BCUT2D eigenvalue weighted by Crippen LogP contribution is 2.00. The molecule has 0 saturated heterocycles. The van der Waals surface area contributed by atoms with E-state index in [0.717, 1.165) is 6.92 Å². The van der Waals surface area contributed by atoms with Crippen molar-refractivity contribution >= 4 is 35.6 Å². The van der Waals surface area contributed by atoms with Crippen LogP contribution in [0.5, 0.6) is 0 Å². The SMILES string of the molecule is CC(NC(=O)C(N)CC(N)=O)C(=O)NC(CC(=O)O)C(=O)NC(C(=O)O)C(C)O. The Kier molecular flexibility index (Phi) is 10.3. The minimum absolute atomic E-state index is 0.472. The molecule has 0 aromatic heterocycles. The van der Waals surface area contributed by atoms with Crippen LogP contribution in [0, 0.1) is 0 Å². The number of carbonyl (C=O) groups is 6. The Labute approximate surface area is 165 Å². The summed E-state index contributed by atoms with van der Waals surface area (Å²) in [5.74, 6) is -6.92. The number of rotatable bonds is 12. The van der Waals surface area contributed by atoms with E-state index in [9.17, 15) is 33.9 Å². The minimum Gasteiger partial charge on any atom is -0.481 e. The number of hydrogen-bond acceptors (Lipinski definition) is 8. The number of carbonyl (C=O) groups excluding carboxylic acids is 4. The van der Waals surface area contributed by atoms with Gasteiger partial charge in [-0.2, -0.15) is 0 Å². The van der Waals surface area contributed by atoms with Crippen molar-refractivity contribution in [1.29, 1.82) is 0 Å². The summed E-state index contributed by atoms with van der Waals surface area (Å²) in [4.78, 5) is 68.9. The monoisotopic (exact) mass is 419 g/mol. The van der Waals surface area contributed by atoms with E-state index >= 15 is 0 Å². The Hall–Kier alpha value is -3.26. The van der Waals surface area contributed by atoms with Gasteiger partial charge in [0.05, 0.1) is 25.0 Å². The van der Waals surface area contributed by atoms with Gasteiger partial charge in [-0.25, -0.2) is 4.79 Å². The Morgan fingerprint density at radius 1 is 0.862 bits per heavy atom. The maximum atomic E-state index is 12.2. The highest BCUT2D eigenvalue weighted by atomic mass is 16.4. The number of carboxylic acids is 2. The molecular weight excluding hydrogens is 394 g/mol. The number of amides is 4. The molecule has 0 fully saturated rings.